The lowest BCUT2D eigenvalue weighted by molar-refractivity contribution is 1.09. The molecule has 0 nitrogen and oxygen atoms in total. The third-order valence-electron chi connectivity index (χ3n) is 1.30. The van der Waals surface area contributed by atoms with Gasteiger partial charge in [0, 0.05) is 5.88 Å². The van der Waals surface area contributed by atoms with Gasteiger partial charge in [-0.15, -0.1) is 23.2 Å². The highest BCUT2D eigenvalue weighted by Crippen LogP contribution is 2.20. The summed E-state index contributed by atoms with van der Waals surface area (Å²) in [6, 6.07) is 9.82. The van der Waals surface area contributed by atoms with E-state index in [1.807, 2.05) is 30.3 Å². The minimum Gasteiger partial charge on any atom is -0.125 e. The standard InChI is InChI=1S/C8H8Cl2/c9-6-8(10)7-4-2-1-3-5-7/h1-5,8H,6H2/t8-/m0/s1. The van der Waals surface area contributed by atoms with Crippen LogP contribution >= 0.6 is 23.2 Å². The van der Waals surface area contributed by atoms with E-state index >= 15 is 0 Å². The number of benzene rings is 1. The van der Waals surface area contributed by atoms with Gasteiger partial charge in [-0.1, -0.05) is 30.3 Å². The summed E-state index contributed by atoms with van der Waals surface area (Å²) >= 11 is 11.4. The molecule has 10 heavy (non-hydrogen) atoms. The maximum absolute atomic E-state index is 5.86. The maximum Gasteiger partial charge on any atom is 0.0720 e. The molecule has 0 radical (unpaired) electrons. The lowest BCUT2D eigenvalue weighted by Gasteiger charge is -2.03. The summed E-state index contributed by atoms with van der Waals surface area (Å²) in [4.78, 5) is 0. The van der Waals surface area contributed by atoms with Crippen LogP contribution in [0.25, 0.3) is 0 Å². The molecule has 0 aromatic heterocycles. The van der Waals surface area contributed by atoms with Crippen LogP contribution < -0.4 is 0 Å². The van der Waals surface area contributed by atoms with Crippen LogP contribution in [0.2, 0.25) is 0 Å². The fraction of sp³-hybridized carbons (Fsp3) is 0.250. The lowest BCUT2D eigenvalue weighted by atomic mass is 10.2. The predicted octanol–water partition coefficient (Wildman–Crippen LogP) is 3.21. The molecule has 0 aliphatic rings. The zero-order valence-corrected chi connectivity index (χ0v) is 6.94. The number of rotatable bonds is 2. The molecule has 0 unspecified atom stereocenters. The van der Waals surface area contributed by atoms with Crippen LogP contribution in [-0.2, 0) is 0 Å². The first-order valence-electron chi connectivity index (χ1n) is 3.09. The Kier molecular flexibility index (Phi) is 3.04. The van der Waals surface area contributed by atoms with Gasteiger partial charge in [-0.2, -0.15) is 0 Å². The van der Waals surface area contributed by atoms with Gasteiger partial charge in [-0.05, 0) is 5.56 Å². The van der Waals surface area contributed by atoms with E-state index in [9.17, 15) is 0 Å². The van der Waals surface area contributed by atoms with Crippen molar-refractivity contribution in [3.63, 3.8) is 0 Å². The second-order valence-electron chi connectivity index (χ2n) is 2.03. The van der Waals surface area contributed by atoms with Crippen LogP contribution in [-0.4, -0.2) is 5.88 Å². The van der Waals surface area contributed by atoms with Gasteiger partial charge in [0.15, 0.2) is 0 Å². The fourth-order valence-corrected chi connectivity index (χ4v) is 1.07. The summed E-state index contributed by atoms with van der Waals surface area (Å²) in [5, 5.41) is -0.0529. The molecular weight excluding hydrogens is 167 g/mol. The van der Waals surface area contributed by atoms with Crippen molar-refractivity contribution >= 4 is 23.2 Å². The molecule has 1 aromatic rings. The molecule has 0 saturated heterocycles. The monoisotopic (exact) mass is 174 g/mol. The van der Waals surface area contributed by atoms with E-state index in [1.165, 1.54) is 0 Å². The first kappa shape index (κ1) is 7.90. The van der Waals surface area contributed by atoms with Crippen LogP contribution in [0, 0.1) is 0 Å². The molecule has 0 aliphatic heterocycles. The average Bonchev–Trinajstić information content (AvgIpc) is 2.05. The number of halogens is 2. The van der Waals surface area contributed by atoms with Gasteiger partial charge in [0.25, 0.3) is 0 Å². The molecule has 0 spiro atoms. The van der Waals surface area contributed by atoms with Crippen molar-refractivity contribution in [2.24, 2.45) is 0 Å². The normalized spacial score (nSPS) is 13.0. The molecule has 2 heteroatoms. The molecule has 1 rings (SSSR count). The smallest absolute Gasteiger partial charge is 0.0720 e. The van der Waals surface area contributed by atoms with Crippen molar-refractivity contribution in [3.05, 3.63) is 35.9 Å². The Bertz CT molecular complexity index is 184. The van der Waals surface area contributed by atoms with Gasteiger partial charge in [0.2, 0.25) is 0 Å². The SMILES string of the molecule is ClC[C@H](Cl)c1ccccc1. The Hall–Kier alpha value is -0.200. The summed E-state index contributed by atoms with van der Waals surface area (Å²) in [6.07, 6.45) is 0. The number of hydrogen-bond acceptors (Lipinski definition) is 0. The van der Waals surface area contributed by atoms with Crippen molar-refractivity contribution in [3.8, 4) is 0 Å². The molecular formula is C8H8Cl2. The lowest BCUT2D eigenvalue weighted by Crippen LogP contribution is -1.89. The van der Waals surface area contributed by atoms with Crippen molar-refractivity contribution in [2.75, 3.05) is 5.88 Å². The Balaban J connectivity index is 2.75. The minimum absolute atomic E-state index is 0.0529. The molecule has 0 bridgehead atoms. The molecule has 0 fully saturated rings. The topological polar surface area (TPSA) is 0 Å². The quantitative estimate of drug-likeness (QED) is 0.605. The zero-order valence-electron chi connectivity index (χ0n) is 5.43. The Morgan fingerprint density at radius 1 is 1.20 bits per heavy atom. The van der Waals surface area contributed by atoms with Crippen molar-refractivity contribution in [1.29, 1.82) is 0 Å². The fourth-order valence-electron chi connectivity index (χ4n) is 0.751. The van der Waals surface area contributed by atoms with E-state index in [4.69, 9.17) is 23.2 Å². The van der Waals surface area contributed by atoms with Crippen LogP contribution in [0.1, 0.15) is 10.9 Å². The minimum atomic E-state index is -0.0529. The van der Waals surface area contributed by atoms with Gasteiger partial charge in [-0.25, -0.2) is 0 Å². The molecule has 0 saturated carbocycles. The Morgan fingerprint density at radius 2 is 1.80 bits per heavy atom. The third-order valence-corrected chi connectivity index (χ3v) is 2.17. The molecule has 0 N–H and O–H groups in total. The predicted molar refractivity (Wildman–Crippen MR) is 45.8 cm³/mol. The molecule has 54 valence electrons. The maximum atomic E-state index is 5.86. The Morgan fingerprint density at radius 3 is 2.30 bits per heavy atom. The van der Waals surface area contributed by atoms with E-state index in [0.717, 1.165) is 5.56 Å². The third kappa shape index (κ3) is 1.89. The molecule has 0 aliphatic carbocycles. The summed E-state index contributed by atoms with van der Waals surface area (Å²) in [7, 11) is 0. The second kappa shape index (κ2) is 3.85. The summed E-state index contributed by atoms with van der Waals surface area (Å²) in [5.74, 6) is 0.464. The van der Waals surface area contributed by atoms with E-state index < -0.39 is 0 Å². The van der Waals surface area contributed by atoms with Crippen LogP contribution in [0.3, 0.4) is 0 Å². The van der Waals surface area contributed by atoms with Gasteiger partial charge >= 0.3 is 0 Å². The van der Waals surface area contributed by atoms with Crippen LogP contribution in [0.4, 0.5) is 0 Å². The van der Waals surface area contributed by atoms with Gasteiger partial charge < -0.3 is 0 Å². The number of hydrogen-bond donors (Lipinski definition) is 0. The zero-order chi connectivity index (χ0) is 7.40. The molecule has 1 aromatic carbocycles. The van der Waals surface area contributed by atoms with E-state index in [0.29, 0.717) is 5.88 Å². The second-order valence-corrected chi connectivity index (χ2v) is 2.87. The Labute approximate surface area is 70.8 Å². The molecule has 0 heterocycles. The van der Waals surface area contributed by atoms with Crippen LogP contribution in [0.5, 0.6) is 0 Å². The van der Waals surface area contributed by atoms with Gasteiger partial charge in [0.05, 0.1) is 5.38 Å². The van der Waals surface area contributed by atoms with Crippen LogP contribution in [0.15, 0.2) is 30.3 Å². The molecule has 0 amide bonds. The highest BCUT2D eigenvalue weighted by atomic mass is 35.5. The first-order chi connectivity index (χ1) is 4.84. The van der Waals surface area contributed by atoms with Gasteiger partial charge in [-0.3, -0.25) is 0 Å². The van der Waals surface area contributed by atoms with E-state index in [-0.39, 0.29) is 5.38 Å². The van der Waals surface area contributed by atoms with Crippen molar-refractivity contribution < 1.29 is 0 Å². The van der Waals surface area contributed by atoms with Crippen molar-refractivity contribution in [2.45, 2.75) is 5.38 Å². The largest absolute Gasteiger partial charge is 0.125 e. The summed E-state index contributed by atoms with van der Waals surface area (Å²) < 4.78 is 0. The summed E-state index contributed by atoms with van der Waals surface area (Å²) in [5.41, 5.74) is 1.08. The average molecular weight is 175 g/mol. The summed E-state index contributed by atoms with van der Waals surface area (Å²) in [6.45, 7) is 0. The van der Waals surface area contributed by atoms with E-state index in [2.05, 4.69) is 0 Å². The number of alkyl halides is 2. The highest BCUT2D eigenvalue weighted by molar-refractivity contribution is 6.28. The first-order valence-corrected chi connectivity index (χ1v) is 4.06. The molecule has 1 atom stereocenters. The highest BCUT2D eigenvalue weighted by Gasteiger charge is 2.02. The van der Waals surface area contributed by atoms with Crippen molar-refractivity contribution in [1.82, 2.24) is 0 Å². The van der Waals surface area contributed by atoms with E-state index in [1.54, 1.807) is 0 Å². The van der Waals surface area contributed by atoms with Gasteiger partial charge in [0.1, 0.15) is 0 Å².